The van der Waals surface area contributed by atoms with Crippen molar-refractivity contribution in [2.45, 2.75) is 77.3 Å². The molecule has 2 aliphatic carbocycles. The van der Waals surface area contributed by atoms with Crippen LogP contribution in [0.2, 0.25) is 0 Å². The first kappa shape index (κ1) is 14.9. The molecule has 0 aromatic rings. The van der Waals surface area contributed by atoms with Crippen molar-refractivity contribution in [3.63, 3.8) is 0 Å². The number of carbonyl (C=O) groups excluding carboxylic acids is 2. The van der Waals surface area contributed by atoms with Gasteiger partial charge in [0.05, 0.1) is 0 Å². The summed E-state index contributed by atoms with van der Waals surface area (Å²) in [6.45, 7) is 6.89. The lowest BCUT2D eigenvalue weighted by Crippen LogP contribution is -2.73. The minimum Gasteiger partial charge on any atom is -0.342 e. The average Bonchev–Trinajstić information content (AvgIpc) is 3.23. The van der Waals surface area contributed by atoms with Crippen molar-refractivity contribution in [1.82, 2.24) is 10.2 Å². The van der Waals surface area contributed by atoms with Crippen molar-refractivity contribution >= 4 is 11.8 Å². The molecule has 3 rings (SSSR count). The largest absolute Gasteiger partial charge is 0.342 e. The van der Waals surface area contributed by atoms with E-state index in [-0.39, 0.29) is 23.3 Å². The Bertz CT molecular complexity index is 442. The lowest BCUT2D eigenvalue weighted by Gasteiger charge is -2.52. The summed E-state index contributed by atoms with van der Waals surface area (Å²) in [6.07, 6.45) is 7.40. The molecule has 1 unspecified atom stereocenters. The molecule has 2 saturated carbocycles. The number of rotatable bonds is 2. The number of hydrogen-bond acceptors (Lipinski definition) is 2. The average molecular weight is 292 g/mol. The predicted molar refractivity (Wildman–Crippen MR) is 81.6 cm³/mol. The highest BCUT2D eigenvalue weighted by Gasteiger charge is 2.55. The summed E-state index contributed by atoms with van der Waals surface area (Å²) in [5.74, 6) is 0.873. The summed E-state index contributed by atoms with van der Waals surface area (Å²) in [4.78, 5) is 27.9. The number of piperazine rings is 1. The Hall–Kier alpha value is -1.06. The molecule has 0 radical (unpaired) electrons. The molecule has 1 atom stereocenters. The second kappa shape index (κ2) is 4.99. The number of amides is 2. The van der Waals surface area contributed by atoms with Crippen LogP contribution in [0.4, 0.5) is 0 Å². The molecule has 0 bridgehead atoms. The molecule has 2 amide bonds. The van der Waals surface area contributed by atoms with Crippen molar-refractivity contribution in [3.8, 4) is 0 Å². The van der Waals surface area contributed by atoms with Gasteiger partial charge < -0.3 is 10.2 Å². The SMILES string of the molecule is CC(C)(C)C1NC(=O)C2(CCCCC2)N(CC2CC2)C1=O. The summed E-state index contributed by atoms with van der Waals surface area (Å²) >= 11 is 0. The first-order chi connectivity index (χ1) is 9.84. The Morgan fingerprint density at radius 1 is 1.14 bits per heavy atom. The molecule has 21 heavy (non-hydrogen) atoms. The first-order valence-corrected chi connectivity index (χ1v) is 8.47. The predicted octanol–water partition coefficient (Wildman–Crippen LogP) is 2.47. The van der Waals surface area contributed by atoms with Crippen LogP contribution >= 0.6 is 0 Å². The van der Waals surface area contributed by atoms with Crippen LogP contribution in [0.15, 0.2) is 0 Å². The standard InChI is InChI=1S/C17H28N2O2/c1-16(2,3)13-14(20)19(11-12-7-8-12)17(15(21)18-13)9-5-4-6-10-17/h12-13H,4-11H2,1-3H3,(H,18,21). The van der Waals surface area contributed by atoms with Gasteiger partial charge in [0.2, 0.25) is 11.8 Å². The van der Waals surface area contributed by atoms with Crippen LogP contribution in [0, 0.1) is 11.3 Å². The zero-order valence-corrected chi connectivity index (χ0v) is 13.6. The van der Waals surface area contributed by atoms with Gasteiger partial charge in [-0.25, -0.2) is 0 Å². The van der Waals surface area contributed by atoms with Crippen LogP contribution in [0.3, 0.4) is 0 Å². The molecule has 0 aromatic carbocycles. The highest BCUT2D eigenvalue weighted by atomic mass is 16.2. The molecule has 1 heterocycles. The Balaban J connectivity index is 1.92. The van der Waals surface area contributed by atoms with Crippen LogP contribution in [0.25, 0.3) is 0 Å². The molecule has 4 nitrogen and oxygen atoms in total. The van der Waals surface area contributed by atoms with Crippen LogP contribution in [0.1, 0.15) is 65.7 Å². The van der Waals surface area contributed by atoms with E-state index < -0.39 is 5.54 Å². The fourth-order valence-electron chi connectivity index (χ4n) is 3.86. The van der Waals surface area contributed by atoms with E-state index in [0.717, 1.165) is 32.2 Å². The maximum absolute atomic E-state index is 13.1. The van der Waals surface area contributed by atoms with Crippen molar-refractivity contribution in [3.05, 3.63) is 0 Å². The zero-order valence-electron chi connectivity index (χ0n) is 13.6. The lowest BCUT2D eigenvalue weighted by atomic mass is 9.74. The Labute approximate surface area is 127 Å². The molecular weight excluding hydrogens is 264 g/mol. The van der Waals surface area contributed by atoms with E-state index in [1.807, 2.05) is 25.7 Å². The highest BCUT2D eigenvalue weighted by Crippen LogP contribution is 2.41. The fraction of sp³-hybridized carbons (Fsp3) is 0.882. The number of hydrogen-bond donors (Lipinski definition) is 1. The van der Waals surface area contributed by atoms with Crippen molar-refractivity contribution in [2.75, 3.05) is 6.54 Å². The molecule has 1 spiro atoms. The van der Waals surface area contributed by atoms with E-state index in [1.54, 1.807) is 0 Å². The van der Waals surface area contributed by atoms with Gasteiger partial charge in [-0.15, -0.1) is 0 Å². The number of nitrogens with one attached hydrogen (secondary N) is 1. The molecule has 3 fully saturated rings. The van der Waals surface area contributed by atoms with Gasteiger partial charge in [-0.1, -0.05) is 40.0 Å². The number of carbonyl (C=O) groups is 2. The van der Waals surface area contributed by atoms with E-state index in [4.69, 9.17) is 0 Å². The van der Waals surface area contributed by atoms with Gasteiger partial charge >= 0.3 is 0 Å². The second-order valence-electron chi connectivity index (χ2n) is 8.26. The van der Waals surface area contributed by atoms with Crippen LogP contribution < -0.4 is 5.32 Å². The minimum absolute atomic E-state index is 0.0994. The van der Waals surface area contributed by atoms with E-state index in [1.165, 1.54) is 19.3 Å². The molecule has 3 aliphatic rings. The topological polar surface area (TPSA) is 49.4 Å². The summed E-state index contributed by atoms with van der Waals surface area (Å²) in [6, 6.07) is -0.378. The molecule has 0 aromatic heterocycles. The summed E-state index contributed by atoms with van der Waals surface area (Å²) in [7, 11) is 0. The fourth-order valence-corrected chi connectivity index (χ4v) is 3.86. The normalized spacial score (nSPS) is 29.7. The third-order valence-electron chi connectivity index (χ3n) is 5.41. The van der Waals surface area contributed by atoms with E-state index in [2.05, 4.69) is 5.32 Å². The molecule has 118 valence electrons. The Morgan fingerprint density at radius 2 is 1.76 bits per heavy atom. The monoisotopic (exact) mass is 292 g/mol. The zero-order chi connectivity index (χ0) is 15.3. The van der Waals surface area contributed by atoms with Gasteiger partial charge in [0.25, 0.3) is 0 Å². The van der Waals surface area contributed by atoms with Gasteiger partial charge in [-0.3, -0.25) is 9.59 Å². The van der Waals surface area contributed by atoms with Gasteiger partial charge in [0.15, 0.2) is 0 Å². The van der Waals surface area contributed by atoms with Gasteiger partial charge in [0.1, 0.15) is 11.6 Å². The van der Waals surface area contributed by atoms with E-state index in [0.29, 0.717) is 5.92 Å². The smallest absolute Gasteiger partial charge is 0.246 e. The van der Waals surface area contributed by atoms with Crippen LogP contribution in [0.5, 0.6) is 0 Å². The molecule has 1 saturated heterocycles. The van der Waals surface area contributed by atoms with E-state index >= 15 is 0 Å². The summed E-state index contributed by atoms with van der Waals surface area (Å²) < 4.78 is 0. The lowest BCUT2D eigenvalue weighted by molar-refractivity contribution is -0.163. The summed E-state index contributed by atoms with van der Waals surface area (Å²) in [5.41, 5.74) is -0.773. The number of nitrogens with zero attached hydrogens (tertiary/aromatic N) is 1. The van der Waals surface area contributed by atoms with Crippen molar-refractivity contribution in [2.24, 2.45) is 11.3 Å². The molecule has 1 aliphatic heterocycles. The van der Waals surface area contributed by atoms with Gasteiger partial charge in [-0.05, 0) is 37.0 Å². The Kier molecular flexibility index (Phi) is 3.53. The summed E-state index contributed by atoms with van der Waals surface area (Å²) in [5, 5.41) is 3.06. The molecule has 4 heteroatoms. The second-order valence-corrected chi connectivity index (χ2v) is 8.26. The van der Waals surface area contributed by atoms with Gasteiger partial charge in [-0.2, -0.15) is 0 Å². The van der Waals surface area contributed by atoms with Crippen LogP contribution in [-0.2, 0) is 9.59 Å². The minimum atomic E-state index is -0.542. The molecular formula is C17H28N2O2. The maximum Gasteiger partial charge on any atom is 0.246 e. The van der Waals surface area contributed by atoms with Crippen molar-refractivity contribution in [1.29, 1.82) is 0 Å². The van der Waals surface area contributed by atoms with Crippen LogP contribution in [-0.4, -0.2) is 34.8 Å². The molecule has 1 N–H and O–H groups in total. The van der Waals surface area contributed by atoms with E-state index in [9.17, 15) is 9.59 Å². The maximum atomic E-state index is 13.1. The van der Waals surface area contributed by atoms with Crippen molar-refractivity contribution < 1.29 is 9.59 Å². The first-order valence-electron chi connectivity index (χ1n) is 8.47. The quantitative estimate of drug-likeness (QED) is 0.850. The van der Waals surface area contributed by atoms with Gasteiger partial charge in [0, 0.05) is 6.54 Å². The Morgan fingerprint density at radius 3 is 2.29 bits per heavy atom. The highest BCUT2D eigenvalue weighted by molar-refractivity contribution is 6.00. The third-order valence-corrected chi connectivity index (χ3v) is 5.41. The third kappa shape index (κ3) is 2.58.